The number of benzene rings is 1. The van der Waals surface area contributed by atoms with Gasteiger partial charge >= 0.3 is 0 Å². The molecule has 0 aliphatic heterocycles. The van der Waals surface area contributed by atoms with Crippen LogP contribution in [0.1, 0.15) is 36.4 Å². The zero-order valence-corrected chi connectivity index (χ0v) is 10.3. The van der Waals surface area contributed by atoms with Crippen LogP contribution in [0.4, 0.5) is 5.69 Å². The van der Waals surface area contributed by atoms with Crippen molar-refractivity contribution in [3.8, 4) is 0 Å². The van der Waals surface area contributed by atoms with Crippen LogP contribution in [-0.2, 0) is 16.4 Å². The summed E-state index contributed by atoms with van der Waals surface area (Å²) in [5, 5.41) is -0.187. The number of fused-ring (bicyclic) bond motifs is 1. The fourth-order valence-corrected chi connectivity index (χ4v) is 3.82. The quantitative estimate of drug-likeness (QED) is 0.857. The SMILES string of the molecule is NC1CCc2c(NS(=O)(=O)C3CC3)cccc21. The molecule has 1 aromatic carbocycles. The van der Waals surface area contributed by atoms with Crippen LogP contribution in [0.3, 0.4) is 0 Å². The van der Waals surface area contributed by atoms with Crippen LogP contribution in [0.15, 0.2) is 18.2 Å². The minimum atomic E-state index is -3.17. The summed E-state index contributed by atoms with van der Waals surface area (Å²) in [6.07, 6.45) is 3.32. The molecule has 0 bridgehead atoms. The maximum Gasteiger partial charge on any atom is 0.235 e. The van der Waals surface area contributed by atoms with Crippen molar-refractivity contribution in [2.45, 2.75) is 37.0 Å². The van der Waals surface area contributed by atoms with Crippen LogP contribution >= 0.6 is 0 Å². The van der Waals surface area contributed by atoms with Gasteiger partial charge in [0, 0.05) is 6.04 Å². The Balaban J connectivity index is 1.94. The minimum Gasteiger partial charge on any atom is -0.324 e. The smallest absolute Gasteiger partial charge is 0.235 e. The van der Waals surface area contributed by atoms with Gasteiger partial charge in [-0.2, -0.15) is 0 Å². The van der Waals surface area contributed by atoms with Gasteiger partial charge in [0.25, 0.3) is 0 Å². The summed E-state index contributed by atoms with van der Waals surface area (Å²) in [4.78, 5) is 0. The molecule has 1 unspecified atom stereocenters. The van der Waals surface area contributed by atoms with E-state index in [0.717, 1.165) is 42.5 Å². The third-order valence-electron chi connectivity index (χ3n) is 3.53. The van der Waals surface area contributed by atoms with E-state index >= 15 is 0 Å². The summed E-state index contributed by atoms with van der Waals surface area (Å²) < 4.78 is 26.5. The molecule has 2 aliphatic rings. The van der Waals surface area contributed by atoms with Crippen LogP contribution in [-0.4, -0.2) is 13.7 Å². The molecule has 92 valence electrons. The van der Waals surface area contributed by atoms with Crippen molar-refractivity contribution in [2.75, 3.05) is 4.72 Å². The topological polar surface area (TPSA) is 72.2 Å². The zero-order valence-electron chi connectivity index (χ0n) is 9.52. The standard InChI is InChI=1S/C12H16N2O2S/c13-11-7-6-10-9(11)2-1-3-12(10)14-17(15,16)8-4-5-8/h1-3,8,11,14H,4-7,13H2. The molecule has 4 nitrogen and oxygen atoms in total. The molecule has 0 heterocycles. The van der Waals surface area contributed by atoms with Gasteiger partial charge in [0.05, 0.1) is 10.9 Å². The van der Waals surface area contributed by atoms with Gasteiger partial charge in [-0.1, -0.05) is 12.1 Å². The van der Waals surface area contributed by atoms with Crippen molar-refractivity contribution < 1.29 is 8.42 Å². The van der Waals surface area contributed by atoms with Crippen molar-refractivity contribution in [2.24, 2.45) is 5.73 Å². The van der Waals surface area contributed by atoms with E-state index in [1.54, 1.807) is 0 Å². The van der Waals surface area contributed by atoms with Gasteiger partial charge < -0.3 is 5.73 Å². The summed E-state index contributed by atoms with van der Waals surface area (Å²) >= 11 is 0. The highest BCUT2D eigenvalue weighted by molar-refractivity contribution is 7.93. The Morgan fingerprint density at radius 1 is 1.24 bits per heavy atom. The highest BCUT2D eigenvalue weighted by Gasteiger charge is 2.36. The Labute approximate surface area is 101 Å². The highest BCUT2D eigenvalue weighted by Crippen LogP contribution is 2.36. The molecule has 3 rings (SSSR count). The maximum absolute atomic E-state index is 11.9. The molecule has 1 saturated carbocycles. The Kier molecular flexibility index (Phi) is 2.41. The molecule has 3 N–H and O–H groups in total. The van der Waals surface area contributed by atoms with Gasteiger partial charge in [0.1, 0.15) is 0 Å². The first-order valence-corrected chi connectivity index (χ1v) is 7.51. The van der Waals surface area contributed by atoms with Crippen LogP contribution < -0.4 is 10.5 Å². The van der Waals surface area contributed by atoms with E-state index in [4.69, 9.17) is 5.73 Å². The Hall–Kier alpha value is -1.07. The second kappa shape index (κ2) is 3.71. The molecule has 1 aromatic rings. The lowest BCUT2D eigenvalue weighted by molar-refractivity contribution is 0.600. The minimum absolute atomic E-state index is 0.0513. The second-order valence-electron chi connectivity index (χ2n) is 4.86. The van der Waals surface area contributed by atoms with E-state index in [1.165, 1.54) is 0 Å². The van der Waals surface area contributed by atoms with E-state index in [2.05, 4.69) is 4.72 Å². The van der Waals surface area contributed by atoms with Crippen molar-refractivity contribution in [3.63, 3.8) is 0 Å². The monoisotopic (exact) mass is 252 g/mol. The third-order valence-corrected chi connectivity index (χ3v) is 5.39. The van der Waals surface area contributed by atoms with Gasteiger partial charge in [-0.05, 0) is 42.9 Å². The lowest BCUT2D eigenvalue weighted by Crippen LogP contribution is -2.18. The number of hydrogen-bond acceptors (Lipinski definition) is 3. The Morgan fingerprint density at radius 3 is 2.71 bits per heavy atom. The summed E-state index contributed by atoms with van der Waals surface area (Å²) in [5.74, 6) is 0. The van der Waals surface area contributed by atoms with Gasteiger partial charge in [-0.15, -0.1) is 0 Å². The number of nitrogens with one attached hydrogen (secondary N) is 1. The van der Waals surface area contributed by atoms with Crippen molar-refractivity contribution >= 4 is 15.7 Å². The van der Waals surface area contributed by atoms with Crippen molar-refractivity contribution in [1.82, 2.24) is 0 Å². The lowest BCUT2D eigenvalue weighted by atomic mass is 10.1. The summed E-state index contributed by atoms with van der Waals surface area (Å²) in [5.41, 5.74) is 8.86. The van der Waals surface area contributed by atoms with E-state index in [1.807, 2.05) is 18.2 Å². The summed E-state index contributed by atoms with van der Waals surface area (Å²) in [6, 6.07) is 5.74. The molecule has 0 radical (unpaired) electrons. The fraction of sp³-hybridized carbons (Fsp3) is 0.500. The van der Waals surface area contributed by atoms with Crippen molar-refractivity contribution in [3.05, 3.63) is 29.3 Å². The molecule has 0 amide bonds. The largest absolute Gasteiger partial charge is 0.324 e. The molecule has 0 saturated heterocycles. The first-order valence-electron chi connectivity index (χ1n) is 5.97. The van der Waals surface area contributed by atoms with Crippen molar-refractivity contribution in [1.29, 1.82) is 0 Å². The van der Waals surface area contributed by atoms with Crippen LogP contribution in [0, 0.1) is 0 Å². The van der Waals surface area contributed by atoms with Gasteiger partial charge in [-0.25, -0.2) is 8.42 Å². The Bertz CT molecular complexity index is 550. The Morgan fingerprint density at radius 2 is 2.00 bits per heavy atom. The van der Waals surface area contributed by atoms with E-state index in [9.17, 15) is 8.42 Å². The van der Waals surface area contributed by atoms with E-state index < -0.39 is 10.0 Å². The zero-order chi connectivity index (χ0) is 12.0. The normalized spacial score (nSPS) is 23.5. The predicted molar refractivity (Wildman–Crippen MR) is 67.3 cm³/mol. The van der Waals surface area contributed by atoms with Crippen LogP contribution in [0.2, 0.25) is 0 Å². The molecule has 2 aliphatic carbocycles. The van der Waals surface area contributed by atoms with Gasteiger partial charge in [0.15, 0.2) is 0 Å². The molecule has 5 heteroatoms. The number of rotatable bonds is 3. The molecule has 1 fully saturated rings. The molecular weight excluding hydrogens is 236 g/mol. The molecule has 1 atom stereocenters. The fourth-order valence-electron chi connectivity index (χ4n) is 2.40. The third kappa shape index (κ3) is 1.93. The highest BCUT2D eigenvalue weighted by atomic mass is 32.2. The molecule has 17 heavy (non-hydrogen) atoms. The number of hydrogen-bond donors (Lipinski definition) is 2. The molecule has 0 aromatic heterocycles. The summed E-state index contributed by atoms with van der Waals surface area (Å²) in [7, 11) is -3.17. The second-order valence-corrected chi connectivity index (χ2v) is 6.83. The average Bonchev–Trinajstić information content (AvgIpc) is 3.06. The van der Waals surface area contributed by atoms with E-state index in [-0.39, 0.29) is 11.3 Å². The molecule has 0 spiro atoms. The first-order chi connectivity index (χ1) is 8.08. The van der Waals surface area contributed by atoms with Gasteiger partial charge in [0.2, 0.25) is 10.0 Å². The lowest BCUT2D eigenvalue weighted by Gasteiger charge is -2.12. The predicted octanol–water partition coefficient (Wildman–Crippen LogP) is 1.54. The van der Waals surface area contributed by atoms with Crippen LogP contribution in [0.25, 0.3) is 0 Å². The number of anilines is 1. The first kappa shape index (κ1) is 11.0. The number of sulfonamides is 1. The average molecular weight is 252 g/mol. The van der Waals surface area contributed by atoms with E-state index in [0.29, 0.717) is 0 Å². The number of nitrogens with two attached hydrogens (primary N) is 1. The maximum atomic E-state index is 11.9. The summed E-state index contributed by atoms with van der Waals surface area (Å²) in [6.45, 7) is 0. The van der Waals surface area contributed by atoms with Gasteiger partial charge in [-0.3, -0.25) is 4.72 Å². The van der Waals surface area contributed by atoms with Crippen LogP contribution in [0.5, 0.6) is 0 Å². The molecular formula is C12H16N2O2S.